The van der Waals surface area contributed by atoms with E-state index in [1.807, 2.05) is 6.92 Å². The van der Waals surface area contributed by atoms with E-state index in [-0.39, 0.29) is 5.28 Å². The Bertz CT molecular complexity index is 635. The molecule has 100 valence electrons. The number of carbonyl (C=O) groups is 1. The summed E-state index contributed by atoms with van der Waals surface area (Å²) in [7, 11) is 0. The van der Waals surface area contributed by atoms with Crippen LogP contribution in [0.1, 0.15) is 39.7 Å². The van der Waals surface area contributed by atoms with Crippen LogP contribution in [0.15, 0.2) is 0 Å². The van der Waals surface area contributed by atoms with E-state index in [9.17, 15) is 4.79 Å². The molecule has 4 nitrogen and oxygen atoms in total. The number of hydrogen-bond acceptors (Lipinski definition) is 5. The van der Waals surface area contributed by atoms with Crippen LogP contribution in [-0.2, 0) is 4.74 Å². The summed E-state index contributed by atoms with van der Waals surface area (Å²) in [5.74, 6) is 0.342. The summed E-state index contributed by atoms with van der Waals surface area (Å²) >= 11 is 7.49. The minimum atomic E-state index is 0.257. The molecule has 0 amide bonds. The largest absolute Gasteiger partial charge is 0.381 e. The Labute approximate surface area is 119 Å². The van der Waals surface area contributed by atoms with Crippen LogP contribution >= 0.6 is 22.9 Å². The average Bonchev–Trinajstić information content (AvgIpc) is 2.76. The van der Waals surface area contributed by atoms with Crippen molar-refractivity contribution in [3.05, 3.63) is 21.4 Å². The standard InChI is InChI=1S/C13H13ClN2O2S/c1-7-9(6-17)19-12-10(7)15-13(14)16-11(12)8-2-4-18-5-3-8/h6,8H,2-5H2,1H3. The predicted molar refractivity (Wildman–Crippen MR) is 75.3 cm³/mol. The molecule has 0 spiro atoms. The first kappa shape index (κ1) is 13.0. The number of nitrogens with zero attached hydrogens (tertiary/aromatic N) is 2. The van der Waals surface area contributed by atoms with Crippen LogP contribution in [0.3, 0.4) is 0 Å². The molecule has 0 unspecified atom stereocenters. The van der Waals surface area contributed by atoms with Gasteiger partial charge < -0.3 is 4.74 Å². The second kappa shape index (κ2) is 5.15. The highest BCUT2D eigenvalue weighted by Crippen LogP contribution is 2.37. The molecule has 0 bridgehead atoms. The van der Waals surface area contributed by atoms with Gasteiger partial charge in [-0.1, -0.05) is 0 Å². The highest BCUT2D eigenvalue weighted by molar-refractivity contribution is 7.20. The number of aromatic nitrogens is 2. The van der Waals surface area contributed by atoms with Crippen LogP contribution in [0.2, 0.25) is 5.28 Å². The molecule has 1 aliphatic heterocycles. The van der Waals surface area contributed by atoms with Crippen molar-refractivity contribution in [3.8, 4) is 0 Å². The Hall–Kier alpha value is -1.04. The number of thiophene rings is 1. The van der Waals surface area contributed by atoms with Gasteiger partial charge in [0, 0.05) is 19.1 Å². The van der Waals surface area contributed by atoms with Crippen molar-refractivity contribution in [3.63, 3.8) is 0 Å². The third-order valence-electron chi connectivity index (χ3n) is 3.52. The number of fused-ring (bicyclic) bond motifs is 1. The van der Waals surface area contributed by atoms with Gasteiger partial charge in [0.1, 0.15) is 0 Å². The number of halogens is 1. The van der Waals surface area contributed by atoms with Crippen molar-refractivity contribution in [1.82, 2.24) is 9.97 Å². The number of ether oxygens (including phenoxy) is 1. The number of aryl methyl sites for hydroxylation is 1. The monoisotopic (exact) mass is 296 g/mol. The van der Waals surface area contributed by atoms with E-state index < -0.39 is 0 Å². The Kier molecular flexibility index (Phi) is 3.52. The second-order valence-corrected chi connectivity index (χ2v) is 6.04. The summed E-state index contributed by atoms with van der Waals surface area (Å²) in [5, 5.41) is 0.257. The molecule has 1 aliphatic rings. The highest BCUT2D eigenvalue weighted by Gasteiger charge is 2.23. The zero-order valence-corrected chi connectivity index (χ0v) is 12.1. The van der Waals surface area contributed by atoms with Gasteiger partial charge in [-0.2, -0.15) is 0 Å². The summed E-state index contributed by atoms with van der Waals surface area (Å²) in [6.45, 7) is 3.40. The van der Waals surface area contributed by atoms with Gasteiger partial charge in [-0.3, -0.25) is 4.79 Å². The quantitative estimate of drug-likeness (QED) is 0.630. The molecule has 6 heteroatoms. The molecule has 0 aliphatic carbocycles. The number of carbonyl (C=O) groups excluding carboxylic acids is 1. The molecule has 3 heterocycles. The van der Waals surface area contributed by atoms with Gasteiger partial charge in [-0.25, -0.2) is 9.97 Å². The summed E-state index contributed by atoms with van der Waals surface area (Å²) in [6, 6.07) is 0. The maximum atomic E-state index is 11.1. The zero-order chi connectivity index (χ0) is 13.4. The van der Waals surface area contributed by atoms with E-state index in [1.54, 1.807) is 0 Å². The number of aldehydes is 1. The molecule has 0 aromatic carbocycles. The Balaban J connectivity index is 2.19. The van der Waals surface area contributed by atoms with Crippen LogP contribution in [-0.4, -0.2) is 29.5 Å². The van der Waals surface area contributed by atoms with E-state index in [1.165, 1.54) is 11.3 Å². The van der Waals surface area contributed by atoms with Crippen LogP contribution in [0.4, 0.5) is 0 Å². The van der Waals surface area contributed by atoms with Crippen LogP contribution in [0.5, 0.6) is 0 Å². The zero-order valence-electron chi connectivity index (χ0n) is 10.5. The molecule has 1 fully saturated rings. The fraction of sp³-hybridized carbons (Fsp3) is 0.462. The minimum Gasteiger partial charge on any atom is -0.381 e. The lowest BCUT2D eigenvalue weighted by atomic mass is 9.96. The first-order valence-electron chi connectivity index (χ1n) is 6.20. The van der Waals surface area contributed by atoms with Gasteiger partial charge >= 0.3 is 0 Å². The smallest absolute Gasteiger partial charge is 0.223 e. The summed E-state index contributed by atoms with van der Waals surface area (Å²) < 4.78 is 6.38. The molecule has 0 atom stereocenters. The van der Waals surface area contributed by atoms with Crippen molar-refractivity contribution in [1.29, 1.82) is 0 Å². The lowest BCUT2D eigenvalue weighted by Gasteiger charge is -2.21. The first-order valence-corrected chi connectivity index (χ1v) is 7.39. The van der Waals surface area contributed by atoms with Crippen molar-refractivity contribution in [2.75, 3.05) is 13.2 Å². The average molecular weight is 297 g/mol. The molecule has 1 saturated heterocycles. The van der Waals surface area contributed by atoms with E-state index >= 15 is 0 Å². The molecule has 19 heavy (non-hydrogen) atoms. The molecule has 0 saturated carbocycles. The Morgan fingerprint density at radius 1 is 1.37 bits per heavy atom. The third-order valence-corrected chi connectivity index (χ3v) is 4.91. The normalized spacial score (nSPS) is 16.9. The van der Waals surface area contributed by atoms with Crippen molar-refractivity contribution >= 4 is 39.4 Å². The van der Waals surface area contributed by atoms with E-state index in [0.717, 1.165) is 53.8 Å². The summed E-state index contributed by atoms with van der Waals surface area (Å²) in [6.07, 6.45) is 2.76. The molecule has 2 aromatic rings. The third kappa shape index (κ3) is 2.26. The lowest BCUT2D eigenvalue weighted by Crippen LogP contribution is -2.15. The Morgan fingerprint density at radius 3 is 2.79 bits per heavy atom. The topological polar surface area (TPSA) is 52.1 Å². The number of hydrogen-bond donors (Lipinski definition) is 0. The van der Waals surface area contributed by atoms with Gasteiger partial charge in [-0.15, -0.1) is 11.3 Å². The maximum Gasteiger partial charge on any atom is 0.223 e. The van der Waals surface area contributed by atoms with Gasteiger partial charge in [0.25, 0.3) is 0 Å². The van der Waals surface area contributed by atoms with Crippen LogP contribution in [0.25, 0.3) is 10.2 Å². The van der Waals surface area contributed by atoms with E-state index in [2.05, 4.69) is 9.97 Å². The molecule has 2 aromatic heterocycles. The van der Waals surface area contributed by atoms with Crippen molar-refractivity contribution < 1.29 is 9.53 Å². The molecule has 0 N–H and O–H groups in total. The number of rotatable bonds is 2. The summed E-state index contributed by atoms with van der Waals surface area (Å²) in [5.41, 5.74) is 2.68. The van der Waals surface area contributed by atoms with Crippen LogP contribution < -0.4 is 0 Å². The Morgan fingerprint density at radius 2 is 2.11 bits per heavy atom. The van der Waals surface area contributed by atoms with Gasteiger partial charge in [0.15, 0.2) is 6.29 Å². The van der Waals surface area contributed by atoms with Crippen molar-refractivity contribution in [2.45, 2.75) is 25.7 Å². The van der Waals surface area contributed by atoms with Gasteiger partial charge in [0.05, 0.1) is 20.8 Å². The fourth-order valence-corrected chi connectivity index (χ4v) is 3.76. The SMILES string of the molecule is Cc1c(C=O)sc2c(C3CCOCC3)nc(Cl)nc12. The minimum absolute atomic E-state index is 0.257. The fourth-order valence-electron chi connectivity index (χ4n) is 2.46. The van der Waals surface area contributed by atoms with Crippen molar-refractivity contribution in [2.24, 2.45) is 0 Å². The first-order chi connectivity index (χ1) is 9.20. The molecular formula is C13H13ClN2O2S. The lowest BCUT2D eigenvalue weighted by molar-refractivity contribution is 0.0848. The molecule has 3 rings (SSSR count). The summed E-state index contributed by atoms with van der Waals surface area (Å²) in [4.78, 5) is 20.5. The van der Waals surface area contributed by atoms with Crippen LogP contribution in [0, 0.1) is 6.92 Å². The van der Waals surface area contributed by atoms with E-state index in [4.69, 9.17) is 16.3 Å². The highest BCUT2D eigenvalue weighted by atomic mass is 35.5. The maximum absolute atomic E-state index is 11.1. The second-order valence-electron chi connectivity index (χ2n) is 4.65. The molecular weight excluding hydrogens is 284 g/mol. The van der Waals surface area contributed by atoms with Gasteiger partial charge in [-0.05, 0) is 36.9 Å². The van der Waals surface area contributed by atoms with Gasteiger partial charge in [0.2, 0.25) is 5.28 Å². The predicted octanol–water partition coefficient (Wildman–Crippen LogP) is 3.36. The molecule has 0 radical (unpaired) electrons. The van der Waals surface area contributed by atoms with E-state index in [0.29, 0.717) is 10.8 Å².